The van der Waals surface area contributed by atoms with Gasteiger partial charge in [-0.2, -0.15) is 0 Å². The van der Waals surface area contributed by atoms with Gasteiger partial charge in [0.2, 0.25) is 0 Å². The molecule has 0 N–H and O–H groups in total. The largest absolute Gasteiger partial charge is 0.497 e. The Bertz CT molecular complexity index is 440. The van der Waals surface area contributed by atoms with E-state index in [-0.39, 0.29) is 0 Å². The van der Waals surface area contributed by atoms with Gasteiger partial charge in [-0.3, -0.25) is 0 Å². The minimum atomic E-state index is 0.767. The van der Waals surface area contributed by atoms with Crippen molar-refractivity contribution >= 4 is 22.8 Å². The van der Waals surface area contributed by atoms with Crippen molar-refractivity contribution in [1.82, 2.24) is 0 Å². The van der Waals surface area contributed by atoms with E-state index in [4.69, 9.17) is 16.3 Å². The van der Waals surface area contributed by atoms with Gasteiger partial charge in [0.25, 0.3) is 0 Å². The molecule has 0 aliphatic carbocycles. The third kappa shape index (κ3) is 3.61. The van der Waals surface area contributed by atoms with Crippen LogP contribution in [0.4, 0.5) is 0 Å². The zero-order valence-electron chi connectivity index (χ0n) is 10.7. The number of hydrogen-bond acceptors (Lipinski definition) is 1. The lowest BCUT2D eigenvalue weighted by Gasteiger charge is -2.08. The highest BCUT2D eigenvalue weighted by atomic mass is 35.5. The Balaban J connectivity index is 2.06. The summed E-state index contributed by atoms with van der Waals surface area (Å²) >= 11 is 6.28. The maximum Gasteiger partial charge on any atom is 0.164 e. The second-order valence-corrected chi connectivity index (χ2v) is 4.90. The number of piperidine rings is 1. The smallest absolute Gasteiger partial charge is 0.164 e. The SMILES string of the molecule is COc1ccc(/C(Cl)=C/C=[N+]2CCCCC2)cc1. The molecule has 2 rings (SSSR count). The van der Waals surface area contributed by atoms with Gasteiger partial charge in [-0.25, -0.2) is 4.58 Å². The van der Waals surface area contributed by atoms with Gasteiger partial charge in [0.05, 0.1) is 12.1 Å². The molecule has 0 bridgehead atoms. The molecule has 96 valence electrons. The average Bonchev–Trinajstić information content (AvgIpc) is 2.46. The van der Waals surface area contributed by atoms with Crippen LogP contribution in [0.2, 0.25) is 0 Å². The fraction of sp³-hybridized carbons (Fsp3) is 0.400. The minimum Gasteiger partial charge on any atom is -0.497 e. The van der Waals surface area contributed by atoms with Crippen LogP contribution >= 0.6 is 11.6 Å². The van der Waals surface area contributed by atoms with E-state index in [0.717, 1.165) is 29.4 Å². The highest BCUT2D eigenvalue weighted by Crippen LogP contribution is 2.21. The Hall–Kier alpha value is -1.28. The summed E-state index contributed by atoms with van der Waals surface area (Å²) in [4.78, 5) is 0. The van der Waals surface area contributed by atoms with Gasteiger partial charge in [0.15, 0.2) is 6.21 Å². The predicted molar refractivity (Wildman–Crippen MR) is 76.7 cm³/mol. The topological polar surface area (TPSA) is 12.2 Å². The van der Waals surface area contributed by atoms with Crippen LogP contribution < -0.4 is 4.74 Å². The van der Waals surface area contributed by atoms with Gasteiger partial charge in [0.1, 0.15) is 18.8 Å². The molecule has 3 heteroatoms. The first-order chi connectivity index (χ1) is 8.79. The monoisotopic (exact) mass is 264 g/mol. The van der Waals surface area contributed by atoms with E-state index < -0.39 is 0 Å². The fourth-order valence-electron chi connectivity index (χ4n) is 2.08. The molecule has 1 aliphatic rings. The van der Waals surface area contributed by atoms with Crippen LogP contribution in [0.1, 0.15) is 24.8 Å². The lowest BCUT2D eigenvalue weighted by atomic mass is 10.1. The summed E-state index contributed by atoms with van der Waals surface area (Å²) in [5, 5.41) is 0.767. The van der Waals surface area contributed by atoms with Crippen molar-refractivity contribution in [2.75, 3.05) is 20.2 Å². The molecule has 18 heavy (non-hydrogen) atoms. The molecule has 1 saturated heterocycles. The summed E-state index contributed by atoms with van der Waals surface area (Å²) in [6.07, 6.45) is 8.00. The Morgan fingerprint density at radius 2 is 1.83 bits per heavy atom. The first kappa shape index (κ1) is 13.2. The lowest BCUT2D eigenvalue weighted by molar-refractivity contribution is -0.532. The Morgan fingerprint density at radius 1 is 1.17 bits per heavy atom. The van der Waals surface area contributed by atoms with E-state index in [0.29, 0.717) is 0 Å². The van der Waals surface area contributed by atoms with Crippen LogP contribution in [0.3, 0.4) is 0 Å². The molecule has 0 unspecified atom stereocenters. The number of hydrogen-bond donors (Lipinski definition) is 0. The molecule has 0 spiro atoms. The van der Waals surface area contributed by atoms with Gasteiger partial charge >= 0.3 is 0 Å². The van der Waals surface area contributed by atoms with Crippen LogP contribution in [0, 0.1) is 0 Å². The number of rotatable bonds is 3. The van der Waals surface area contributed by atoms with Gasteiger partial charge in [-0.15, -0.1) is 0 Å². The minimum absolute atomic E-state index is 0.767. The predicted octanol–water partition coefficient (Wildman–Crippen LogP) is 3.54. The lowest BCUT2D eigenvalue weighted by Crippen LogP contribution is -2.20. The number of benzene rings is 1. The highest BCUT2D eigenvalue weighted by molar-refractivity contribution is 6.49. The Labute approximate surface area is 114 Å². The van der Waals surface area contributed by atoms with Crippen LogP contribution in [0.5, 0.6) is 5.75 Å². The van der Waals surface area contributed by atoms with Crippen molar-refractivity contribution in [3.63, 3.8) is 0 Å². The molecule has 1 fully saturated rings. The summed E-state index contributed by atoms with van der Waals surface area (Å²) in [5.74, 6) is 0.850. The number of ether oxygens (including phenoxy) is 1. The normalized spacial score (nSPS) is 16.6. The van der Waals surface area contributed by atoms with E-state index in [1.54, 1.807) is 7.11 Å². The quantitative estimate of drug-likeness (QED) is 0.761. The number of halogens is 1. The molecule has 0 saturated carbocycles. The molecule has 1 aliphatic heterocycles. The number of allylic oxidation sites excluding steroid dienone is 1. The van der Waals surface area contributed by atoms with Crippen molar-refractivity contribution in [2.24, 2.45) is 0 Å². The van der Waals surface area contributed by atoms with Crippen LogP contribution in [0.15, 0.2) is 30.3 Å². The molecular weight excluding hydrogens is 246 g/mol. The number of methoxy groups -OCH3 is 1. The summed E-state index contributed by atoms with van der Waals surface area (Å²) in [5.41, 5.74) is 1.02. The first-order valence-corrected chi connectivity index (χ1v) is 6.76. The van der Waals surface area contributed by atoms with Gasteiger partial charge in [0, 0.05) is 18.9 Å². The van der Waals surface area contributed by atoms with E-state index in [9.17, 15) is 0 Å². The van der Waals surface area contributed by atoms with Gasteiger partial charge in [-0.1, -0.05) is 11.6 Å². The summed E-state index contributed by atoms with van der Waals surface area (Å²) in [6.45, 7) is 2.28. The standard InChI is InChI=1S/C15H19ClNO/c1-18-14-7-5-13(6-8-14)15(16)9-12-17-10-3-2-4-11-17/h5-9,12H,2-4,10-11H2,1H3/q+1/b15-9-. The van der Waals surface area contributed by atoms with Crippen molar-refractivity contribution in [3.05, 3.63) is 35.9 Å². The Kier molecular flexibility index (Phi) is 4.82. The summed E-state index contributed by atoms with van der Waals surface area (Å²) < 4.78 is 7.45. The van der Waals surface area contributed by atoms with Crippen molar-refractivity contribution in [2.45, 2.75) is 19.3 Å². The molecule has 0 atom stereocenters. The average molecular weight is 265 g/mol. The van der Waals surface area contributed by atoms with Crippen molar-refractivity contribution in [1.29, 1.82) is 0 Å². The van der Waals surface area contributed by atoms with Crippen LogP contribution in [-0.4, -0.2) is 31.0 Å². The van der Waals surface area contributed by atoms with Gasteiger partial charge in [-0.05, 0) is 36.2 Å². The van der Waals surface area contributed by atoms with Crippen LogP contribution in [-0.2, 0) is 0 Å². The van der Waals surface area contributed by atoms with E-state index in [2.05, 4.69) is 10.8 Å². The zero-order valence-corrected chi connectivity index (χ0v) is 11.5. The van der Waals surface area contributed by atoms with Crippen molar-refractivity contribution in [3.8, 4) is 5.75 Å². The maximum atomic E-state index is 6.28. The van der Waals surface area contributed by atoms with E-state index in [1.165, 1.54) is 19.3 Å². The molecule has 2 nitrogen and oxygen atoms in total. The molecule has 0 amide bonds. The highest BCUT2D eigenvalue weighted by Gasteiger charge is 2.09. The molecule has 1 heterocycles. The molecule has 1 aromatic carbocycles. The molecular formula is C15H19ClNO+. The van der Waals surface area contributed by atoms with Crippen LogP contribution in [0.25, 0.3) is 5.03 Å². The summed E-state index contributed by atoms with van der Waals surface area (Å²) in [6, 6.07) is 7.79. The second-order valence-electron chi connectivity index (χ2n) is 4.49. The third-order valence-corrected chi connectivity index (χ3v) is 3.53. The van der Waals surface area contributed by atoms with E-state index >= 15 is 0 Å². The van der Waals surface area contributed by atoms with Gasteiger partial charge < -0.3 is 4.74 Å². The zero-order chi connectivity index (χ0) is 12.8. The van der Waals surface area contributed by atoms with Crippen molar-refractivity contribution < 1.29 is 9.31 Å². The molecule has 0 aromatic heterocycles. The summed E-state index contributed by atoms with van der Waals surface area (Å²) in [7, 11) is 1.66. The second kappa shape index (κ2) is 6.60. The third-order valence-electron chi connectivity index (χ3n) is 3.19. The van der Waals surface area contributed by atoms with E-state index in [1.807, 2.05) is 30.3 Å². The molecule has 1 aromatic rings. The molecule has 0 radical (unpaired) electrons. The maximum absolute atomic E-state index is 6.28. The first-order valence-electron chi connectivity index (χ1n) is 6.39. The Morgan fingerprint density at radius 3 is 2.44 bits per heavy atom. The number of nitrogens with zero attached hydrogens (tertiary/aromatic N) is 1. The fourth-order valence-corrected chi connectivity index (χ4v) is 2.27.